The van der Waals surface area contributed by atoms with Crippen molar-refractivity contribution in [1.29, 1.82) is 0 Å². The van der Waals surface area contributed by atoms with E-state index < -0.39 is 9.84 Å². The predicted octanol–water partition coefficient (Wildman–Crippen LogP) is 1.84. The van der Waals surface area contributed by atoms with Crippen LogP contribution in [-0.2, 0) is 21.2 Å². The topological polar surface area (TPSA) is 99.7 Å². The lowest BCUT2D eigenvalue weighted by Gasteiger charge is -2.13. The van der Waals surface area contributed by atoms with Gasteiger partial charge in [0.15, 0.2) is 15.8 Å². The molecule has 0 radical (unpaired) electrons. The molecule has 0 spiro atoms. The van der Waals surface area contributed by atoms with Crippen LogP contribution < -0.4 is 16.0 Å². The third-order valence-electron chi connectivity index (χ3n) is 3.87. The Hall–Kier alpha value is -2.94. The minimum Gasteiger partial charge on any atom is -0.352 e. The number of aryl methyl sites for hydroxylation is 1. The third-order valence-corrected chi connectivity index (χ3v) is 5.12. The lowest BCUT2D eigenvalue weighted by Crippen LogP contribution is -2.41. The zero-order valence-electron chi connectivity index (χ0n) is 15.9. The lowest BCUT2D eigenvalue weighted by atomic mass is 10.1. The molecule has 0 bridgehead atoms. The summed E-state index contributed by atoms with van der Waals surface area (Å²) >= 11 is 0. The van der Waals surface area contributed by atoms with Gasteiger partial charge in [-0.1, -0.05) is 12.1 Å². The summed E-state index contributed by atoms with van der Waals surface area (Å²) in [6.07, 6.45) is 1.18. The van der Waals surface area contributed by atoms with E-state index in [2.05, 4.69) is 20.9 Å². The van der Waals surface area contributed by atoms with Crippen molar-refractivity contribution >= 4 is 27.4 Å². The summed E-state index contributed by atoms with van der Waals surface area (Å²) in [7, 11) is -1.68. The molecule has 2 aromatic carbocycles. The standard InChI is InChI=1S/C19H23FN4O3S/c1-13-10-14(4-9-17(13)28(3,26)27)11-22-19(21-2)23-12-18(25)24-16-7-5-15(20)6-8-16/h4-10H,11-12H2,1-3H3,(H,24,25)(H2,21,22,23). The molecule has 0 saturated heterocycles. The highest BCUT2D eigenvalue weighted by Crippen LogP contribution is 2.16. The molecule has 0 saturated carbocycles. The minimum absolute atomic E-state index is 0.0247. The SMILES string of the molecule is CN=C(NCC(=O)Nc1ccc(F)cc1)NCc1ccc(S(C)(=O)=O)c(C)c1. The van der Waals surface area contributed by atoms with Crippen molar-refractivity contribution in [2.75, 3.05) is 25.2 Å². The number of hydrogen-bond acceptors (Lipinski definition) is 4. The van der Waals surface area contributed by atoms with E-state index in [-0.39, 0.29) is 18.3 Å². The van der Waals surface area contributed by atoms with Crippen LogP contribution >= 0.6 is 0 Å². The number of carbonyl (C=O) groups excluding carboxylic acids is 1. The molecule has 1 amide bonds. The molecule has 0 aromatic heterocycles. The summed E-state index contributed by atoms with van der Waals surface area (Å²) in [6, 6.07) is 10.6. The Balaban J connectivity index is 1.86. The fourth-order valence-corrected chi connectivity index (χ4v) is 3.51. The van der Waals surface area contributed by atoms with Crippen LogP contribution in [-0.4, -0.2) is 40.1 Å². The van der Waals surface area contributed by atoms with E-state index in [4.69, 9.17) is 0 Å². The number of rotatable bonds is 6. The highest BCUT2D eigenvalue weighted by Gasteiger charge is 2.11. The van der Waals surface area contributed by atoms with E-state index in [0.29, 0.717) is 28.7 Å². The molecule has 150 valence electrons. The summed E-state index contributed by atoms with van der Waals surface area (Å²) in [5.74, 6) is -0.262. The number of halogens is 1. The number of anilines is 1. The van der Waals surface area contributed by atoms with Gasteiger partial charge in [-0.2, -0.15) is 0 Å². The summed E-state index contributed by atoms with van der Waals surface area (Å²) in [6.45, 7) is 2.12. The molecular formula is C19H23FN4O3S. The van der Waals surface area contributed by atoms with Crippen molar-refractivity contribution in [3.8, 4) is 0 Å². The van der Waals surface area contributed by atoms with Gasteiger partial charge < -0.3 is 16.0 Å². The van der Waals surface area contributed by atoms with Crippen LogP contribution in [0.4, 0.5) is 10.1 Å². The quantitative estimate of drug-likeness (QED) is 0.502. The van der Waals surface area contributed by atoms with E-state index in [1.807, 2.05) is 0 Å². The summed E-state index contributed by atoms with van der Waals surface area (Å²) in [5.41, 5.74) is 2.05. The Bertz CT molecular complexity index is 973. The molecular weight excluding hydrogens is 383 g/mol. The zero-order chi connectivity index (χ0) is 20.7. The fourth-order valence-electron chi connectivity index (χ4n) is 2.55. The molecule has 3 N–H and O–H groups in total. The molecule has 0 fully saturated rings. The summed E-state index contributed by atoms with van der Waals surface area (Å²) in [5, 5.41) is 8.58. The molecule has 0 aliphatic heterocycles. The smallest absolute Gasteiger partial charge is 0.243 e. The zero-order valence-corrected chi connectivity index (χ0v) is 16.7. The van der Waals surface area contributed by atoms with Crippen molar-refractivity contribution in [2.24, 2.45) is 4.99 Å². The molecule has 2 aromatic rings. The van der Waals surface area contributed by atoms with Crippen molar-refractivity contribution < 1.29 is 17.6 Å². The van der Waals surface area contributed by atoms with Gasteiger partial charge in [-0.15, -0.1) is 0 Å². The van der Waals surface area contributed by atoms with Gasteiger partial charge >= 0.3 is 0 Å². The van der Waals surface area contributed by atoms with Gasteiger partial charge in [-0.25, -0.2) is 12.8 Å². The Morgan fingerprint density at radius 3 is 2.36 bits per heavy atom. The average Bonchev–Trinajstić information content (AvgIpc) is 2.63. The molecule has 28 heavy (non-hydrogen) atoms. The van der Waals surface area contributed by atoms with Gasteiger partial charge in [0, 0.05) is 25.5 Å². The van der Waals surface area contributed by atoms with Gasteiger partial charge in [0.25, 0.3) is 0 Å². The number of guanidine groups is 1. The minimum atomic E-state index is -3.25. The molecule has 0 unspecified atom stereocenters. The highest BCUT2D eigenvalue weighted by atomic mass is 32.2. The Kier molecular flexibility index (Phi) is 7.11. The van der Waals surface area contributed by atoms with E-state index in [1.54, 1.807) is 32.2 Å². The van der Waals surface area contributed by atoms with Crippen LogP contribution in [0.25, 0.3) is 0 Å². The number of benzene rings is 2. The Labute approximate surface area is 164 Å². The number of hydrogen-bond donors (Lipinski definition) is 3. The second-order valence-electron chi connectivity index (χ2n) is 6.21. The number of nitrogens with zero attached hydrogens (tertiary/aromatic N) is 1. The largest absolute Gasteiger partial charge is 0.352 e. The van der Waals surface area contributed by atoms with Crippen LogP contribution in [0.15, 0.2) is 52.4 Å². The maximum Gasteiger partial charge on any atom is 0.243 e. The number of aliphatic imine (C=N–C) groups is 1. The van der Waals surface area contributed by atoms with E-state index in [0.717, 1.165) is 5.56 Å². The molecule has 2 rings (SSSR count). The molecule has 0 aliphatic carbocycles. The van der Waals surface area contributed by atoms with Crippen molar-refractivity contribution in [1.82, 2.24) is 10.6 Å². The molecule has 0 aliphatic rings. The Morgan fingerprint density at radius 2 is 1.79 bits per heavy atom. The monoisotopic (exact) mass is 406 g/mol. The maximum absolute atomic E-state index is 12.9. The number of nitrogens with one attached hydrogen (secondary N) is 3. The normalized spacial score (nSPS) is 11.8. The predicted molar refractivity (Wildman–Crippen MR) is 108 cm³/mol. The first-order chi connectivity index (χ1) is 13.2. The van der Waals surface area contributed by atoms with Crippen molar-refractivity contribution in [2.45, 2.75) is 18.4 Å². The first-order valence-corrected chi connectivity index (χ1v) is 10.4. The summed E-state index contributed by atoms with van der Waals surface area (Å²) in [4.78, 5) is 16.3. The van der Waals surface area contributed by atoms with Gasteiger partial charge in [-0.05, 0) is 48.4 Å². The van der Waals surface area contributed by atoms with Crippen molar-refractivity contribution in [3.05, 3.63) is 59.4 Å². The second-order valence-corrected chi connectivity index (χ2v) is 8.19. The van der Waals surface area contributed by atoms with Gasteiger partial charge in [0.2, 0.25) is 5.91 Å². The van der Waals surface area contributed by atoms with Gasteiger partial charge in [-0.3, -0.25) is 9.79 Å². The van der Waals surface area contributed by atoms with Crippen LogP contribution in [0, 0.1) is 12.7 Å². The van der Waals surface area contributed by atoms with Gasteiger partial charge in [0.1, 0.15) is 5.82 Å². The highest BCUT2D eigenvalue weighted by molar-refractivity contribution is 7.90. The third kappa shape index (κ3) is 6.34. The first-order valence-electron chi connectivity index (χ1n) is 8.48. The van der Waals surface area contributed by atoms with Crippen LogP contribution in [0.1, 0.15) is 11.1 Å². The van der Waals surface area contributed by atoms with E-state index >= 15 is 0 Å². The van der Waals surface area contributed by atoms with Crippen LogP contribution in [0.3, 0.4) is 0 Å². The van der Waals surface area contributed by atoms with Crippen molar-refractivity contribution in [3.63, 3.8) is 0 Å². The molecule has 0 atom stereocenters. The fraction of sp³-hybridized carbons (Fsp3) is 0.263. The van der Waals surface area contributed by atoms with E-state index in [9.17, 15) is 17.6 Å². The van der Waals surface area contributed by atoms with Gasteiger partial charge in [0.05, 0.1) is 11.4 Å². The molecule has 7 nitrogen and oxygen atoms in total. The lowest BCUT2D eigenvalue weighted by molar-refractivity contribution is -0.115. The van der Waals surface area contributed by atoms with E-state index in [1.165, 1.54) is 30.5 Å². The summed E-state index contributed by atoms with van der Waals surface area (Å²) < 4.78 is 36.2. The van der Waals surface area contributed by atoms with Crippen LogP contribution in [0.2, 0.25) is 0 Å². The van der Waals surface area contributed by atoms with Crippen LogP contribution in [0.5, 0.6) is 0 Å². The first kappa shape index (κ1) is 21.4. The second kappa shape index (κ2) is 9.32. The number of amides is 1. The maximum atomic E-state index is 12.9. The number of carbonyl (C=O) groups is 1. The number of sulfone groups is 1. The Morgan fingerprint density at radius 1 is 1.11 bits per heavy atom. The molecule has 9 heteroatoms. The average molecular weight is 406 g/mol. The molecule has 0 heterocycles.